The first-order valence-electron chi connectivity index (χ1n) is 4.66. The molecule has 2 nitrogen and oxygen atoms in total. The van der Waals surface area contributed by atoms with Gasteiger partial charge >= 0.3 is 0 Å². The Hall–Kier alpha value is -1.06. The second kappa shape index (κ2) is 4.85. The summed E-state index contributed by atoms with van der Waals surface area (Å²) in [6.45, 7) is 0. The molecule has 0 amide bonds. The molecule has 0 radical (unpaired) electrons. The molecule has 1 aromatic carbocycles. The molecule has 0 atom stereocenters. The Bertz CT molecular complexity index is 506. The molecule has 0 bridgehead atoms. The predicted molar refractivity (Wildman–Crippen MR) is 65.9 cm³/mol. The highest BCUT2D eigenvalue weighted by Gasteiger charge is 2.09. The zero-order valence-electron chi connectivity index (χ0n) is 8.24. The Morgan fingerprint density at radius 2 is 2.19 bits per heavy atom. The lowest BCUT2D eigenvalue weighted by molar-refractivity contribution is 0.0992. The van der Waals surface area contributed by atoms with Crippen LogP contribution in [0, 0.1) is 0 Å². The van der Waals surface area contributed by atoms with Crippen molar-refractivity contribution in [3.8, 4) is 0 Å². The van der Waals surface area contributed by atoms with Gasteiger partial charge in [0.25, 0.3) is 0 Å². The molecule has 1 heterocycles. The van der Waals surface area contributed by atoms with Crippen LogP contribution in [0.15, 0.2) is 45.7 Å². The van der Waals surface area contributed by atoms with Gasteiger partial charge in [-0.2, -0.15) is 0 Å². The van der Waals surface area contributed by atoms with Crippen molar-refractivity contribution >= 4 is 33.3 Å². The lowest BCUT2D eigenvalue weighted by Crippen LogP contribution is -2.02. The Morgan fingerprint density at radius 1 is 1.38 bits per heavy atom. The smallest absolute Gasteiger partial charge is 0.167 e. The summed E-state index contributed by atoms with van der Waals surface area (Å²) >= 11 is 9.14. The summed E-state index contributed by atoms with van der Waals surface area (Å²) in [7, 11) is 0. The van der Waals surface area contributed by atoms with E-state index in [2.05, 4.69) is 15.9 Å². The number of benzene rings is 1. The molecule has 0 saturated carbocycles. The highest BCUT2D eigenvalue weighted by Crippen LogP contribution is 2.23. The molecule has 0 N–H and O–H groups in total. The molecule has 0 aliphatic rings. The topological polar surface area (TPSA) is 30.2 Å². The van der Waals surface area contributed by atoms with Gasteiger partial charge in [-0.25, -0.2) is 0 Å². The van der Waals surface area contributed by atoms with Crippen LogP contribution in [0.5, 0.6) is 0 Å². The summed E-state index contributed by atoms with van der Waals surface area (Å²) in [5.74, 6) is 0.0405. The van der Waals surface area contributed by atoms with Gasteiger partial charge < -0.3 is 4.42 Å². The number of Topliss-reactive ketones (excluding diaryl/α,β-unsaturated/α-hetero) is 1. The van der Waals surface area contributed by atoms with Crippen LogP contribution in [0.25, 0.3) is 0 Å². The van der Waals surface area contributed by atoms with Crippen LogP contribution in [0.2, 0.25) is 5.02 Å². The molecule has 2 rings (SSSR count). The summed E-state index contributed by atoms with van der Waals surface area (Å²) in [6.07, 6.45) is 3.47. The van der Waals surface area contributed by atoms with E-state index in [1.165, 1.54) is 0 Å². The van der Waals surface area contributed by atoms with Crippen molar-refractivity contribution in [3.63, 3.8) is 0 Å². The van der Waals surface area contributed by atoms with E-state index in [0.717, 1.165) is 10.0 Å². The number of hydrogen-bond donors (Lipinski definition) is 0. The number of hydrogen-bond acceptors (Lipinski definition) is 2. The van der Waals surface area contributed by atoms with E-state index in [9.17, 15) is 4.79 Å². The molecule has 82 valence electrons. The number of furan rings is 1. The van der Waals surface area contributed by atoms with E-state index in [1.54, 1.807) is 36.8 Å². The first-order valence-corrected chi connectivity index (χ1v) is 5.83. The quantitative estimate of drug-likeness (QED) is 0.798. The maximum absolute atomic E-state index is 11.9. The van der Waals surface area contributed by atoms with Crippen molar-refractivity contribution < 1.29 is 9.21 Å². The third-order valence-electron chi connectivity index (χ3n) is 2.19. The number of ketones is 1. The number of carbonyl (C=O) groups excluding carboxylic acids is 1. The molecule has 0 aliphatic carbocycles. The molecular weight excluding hydrogens is 291 g/mol. The van der Waals surface area contributed by atoms with Gasteiger partial charge in [0.1, 0.15) is 0 Å². The van der Waals surface area contributed by atoms with Crippen LogP contribution < -0.4 is 0 Å². The lowest BCUT2D eigenvalue weighted by Gasteiger charge is -2.01. The average Bonchev–Trinajstić information content (AvgIpc) is 2.74. The monoisotopic (exact) mass is 298 g/mol. The van der Waals surface area contributed by atoms with Crippen LogP contribution in [-0.2, 0) is 6.42 Å². The zero-order valence-corrected chi connectivity index (χ0v) is 10.6. The standard InChI is InChI=1S/C12H8BrClO2/c13-10-6-9(1-2-11(10)14)12(15)5-8-3-4-16-7-8/h1-4,6-7H,5H2. The predicted octanol–water partition coefficient (Wildman–Crippen LogP) is 4.12. The fourth-order valence-electron chi connectivity index (χ4n) is 1.35. The van der Waals surface area contributed by atoms with Gasteiger partial charge in [-0.05, 0) is 45.8 Å². The molecule has 0 unspecified atom stereocenters. The van der Waals surface area contributed by atoms with Crippen molar-refractivity contribution in [3.05, 3.63) is 57.4 Å². The van der Waals surface area contributed by atoms with Crippen LogP contribution in [-0.4, -0.2) is 5.78 Å². The Labute approximate surface area is 106 Å². The van der Waals surface area contributed by atoms with E-state index in [0.29, 0.717) is 17.0 Å². The summed E-state index contributed by atoms with van der Waals surface area (Å²) < 4.78 is 5.64. The summed E-state index contributed by atoms with van der Waals surface area (Å²) in [6, 6.07) is 6.93. The minimum atomic E-state index is 0.0405. The normalized spacial score (nSPS) is 10.4. The van der Waals surface area contributed by atoms with Gasteiger partial charge in [0, 0.05) is 16.5 Å². The van der Waals surface area contributed by atoms with Crippen LogP contribution in [0.4, 0.5) is 0 Å². The Kier molecular flexibility index (Phi) is 3.46. The average molecular weight is 300 g/mol. The fraction of sp³-hybridized carbons (Fsp3) is 0.0833. The first-order chi connectivity index (χ1) is 7.66. The van der Waals surface area contributed by atoms with Gasteiger partial charge in [-0.15, -0.1) is 0 Å². The SMILES string of the molecule is O=C(Cc1ccoc1)c1ccc(Cl)c(Br)c1. The van der Waals surface area contributed by atoms with Crippen LogP contribution in [0.3, 0.4) is 0 Å². The third-order valence-corrected chi connectivity index (χ3v) is 3.40. The van der Waals surface area contributed by atoms with Crippen molar-refractivity contribution in [2.75, 3.05) is 0 Å². The molecule has 0 aliphatic heterocycles. The van der Waals surface area contributed by atoms with Crippen molar-refractivity contribution in [2.45, 2.75) is 6.42 Å². The van der Waals surface area contributed by atoms with E-state index in [4.69, 9.17) is 16.0 Å². The largest absolute Gasteiger partial charge is 0.472 e. The van der Waals surface area contributed by atoms with Gasteiger partial charge in [-0.3, -0.25) is 4.79 Å². The fourth-order valence-corrected chi connectivity index (χ4v) is 1.85. The van der Waals surface area contributed by atoms with Gasteiger partial charge in [-0.1, -0.05) is 11.6 Å². The number of rotatable bonds is 3. The summed E-state index contributed by atoms with van der Waals surface area (Å²) in [5.41, 5.74) is 1.51. The molecule has 16 heavy (non-hydrogen) atoms. The molecule has 0 fully saturated rings. The van der Waals surface area contributed by atoms with Crippen molar-refractivity contribution in [1.29, 1.82) is 0 Å². The highest BCUT2D eigenvalue weighted by atomic mass is 79.9. The zero-order chi connectivity index (χ0) is 11.5. The van der Waals surface area contributed by atoms with Crippen LogP contribution in [0.1, 0.15) is 15.9 Å². The molecular formula is C12H8BrClO2. The minimum absolute atomic E-state index is 0.0405. The van der Waals surface area contributed by atoms with Crippen molar-refractivity contribution in [1.82, 2.24) is 0 Å². The second-order valence-corrected chi connectivity index (χ2v) is 4.62. The number of carbonyl (C=O) groups is 1. The minimum Gasteiger partial charge on any atom is -0.472 e. The van der Waals surface area contributed by atoms with E-state index < -0.39 is 0 Å². The molecule has 2 aromatic rings. The van der Waals surface area contributed by atoms with Gasteiger partial charge in [0.2, 0.25) is 0 Å². The van der Waals surface area contributed by atoms with Gasteiger partial charge in [0.05, 0.1) is 17.5 Å². The molecule has 4 heteroatoms. The summed E-state index contributed by atoms with van der Waals surface area (Å²) in [4.78, 5) is 11.9. The van der Waals surface area contributed by atoms with Crippen molar-refractivity contribution in [2.24, 2.45) is 0 Å². The maximum Gasteiger partial charge on any atom is 0.167 e. The van der Waals surface area contributed by atoms with E-state index in [-0.39, 0.29) is 5.78 Å². The van der Waals surface area contributed by atoms with Gasteiger partial charge in [0.15, 0.2) is 5.78 Å². The maximum atomic E-state index is 11.9. The molecule has 0 spiro atoms. The van der Waals surface area contributed by atoms with Crippen LogP contribution >= 0.6 is 27.5 Å². The van der Waals surface area contributed by atoms with E-state index in [1.807, 2.05) is 0 Å². The lowest BCUT2D eigenvalue weighted by atomic mass is 10.1. The number of halogens is 2. The summed E-state index contributed by atoms with van der Waals surface area (Å²) in [5, 5.41) is 0.597. The first kappa shape index (κ1) is 11.4. The van der Waals surface area contributed by atoms with E-state index >= 15 is 0 Å². The second-order valence-electron chi connectivity index (χ2n) is 3.36. The molecule has 0 saturated heterocycles. The Balaban J connectivity index is 2.18. The Morgan fingerprint density at radius 3 is 2.81 bits per heavy atom. The third kappa shape index (κ3) is 2.54. The molecule has 1 aromatic heterocycles. The highest BCUT2D eigenvalue weighted by molar-refractivity contribution is 9.10.